The third-order valence-electron chi connectivity index (χ3n) is 3.14. The standard InChI is InChI=1S/C19H25N3O2/c1-2-16(11-13-21-12-3-4-19(20)24)5-6-17-7-9-18(10-8-17)22-14-15-23/h2,5-11,13,22-23H,1,3-4,12,14-15H2,(H2,20,24)/b6-5+,16-11+,21-13+. The van der Waals surface area contributed by atoms with Crippen LogP contribution in [0.5, 0.6) is 0 Å². The lowest BCUT2D eigenvalue weighted by molar-refractivity contribution is -0.118. The zero-order chi connectivity index (χ0) is 17.6. The van der Waals surface area contributed by atoms with Crippen LogP contribution in [0.15, 0.2) is 59.6 Å². The van der Waals surface area contributed by atoms with E-state index in [1.165, 1.54) is 0 Å². The number of rotatable bonds is 11. The smallest absolute Gasteiger partial charge is 0.217 e. The average molecular weight is 327 g/mol. The Balaban J connectivity index is 2.52. The van der Waals surface area contributed by atoms with Crippen molar-refractivity contribution in [2.75, 3.05) is 25.0 Å². The number of hydrogen-bond acceptors (Lipinski definition) is 4. The molecule has 128 valence electrons. The summed E-state index contributed by atoms with van der Waals surface area (Å²) in [5, 5.41) is 11.9. The molecular formula is C19H25N3O2. The zero-order valence-corrected chi connectivity index (χ0v) is 13.8. The second kappa shape index (κ2) is 11.8. The number of nitrogens with one attached hydrogen (secondary N) is 1. The fourth-order valence-electron chi connectivity index (χ4n) is 1.85. The molecule has 5 heteroatoms. The van der Waals surface area contributed by atoms with Gasteiger partial charge < -0.3 is 16.2 Å². The summed E-state index contributed by atoms with van der Waals surface area (Å²) in [7, 11) is 0. The fraction of sp³-hybridized carbons (Fsp3) is 0.263. The molecule has 0 aliphatic carbocycles. The molecule has 0 spiro atoms. The number of primary amides is 1. The number of amides is 1. The van der Waals surface area contributed by atoms with E-state index in [9.17, 15) is 4.79 Å². The van der Waals surface area contributed by atoms with Crippen LogP contribution >= 0.6 is 0 Å². The SMILES string of the molecule is C=CC(/C=C/c1ccc(NCCO)cc1)=C\C=N\CCCC(N)=O. The third-order valence-corrected chi connectivity index (χ3v) is 3.14. The number of nitrogens with two attached hydrogens (primary N) is 1. The molecule has 0 heterocycles. The van der Waals surface area contributed by atoms with Crippen LogP contribution in [0, 0.1) is 0 Å². The zero-order valence-electron chi connectivity index (χ0n) is 13.8. The number of carbonyl (C=O) groups excluding carboxylic acids is 1. The minimum absolute atomic E-state index is 0.110. The number of allylic oxidation sites excluding steroid dienone is 4. The molecule has 5 nitrogen and oxygen atoms in total. The van der Waals surface area contributed by atoms with Crippen LogP contribution in [0.1, 0.15) is 18.4 Å². The molecule has 0 aliphatic rings. The summed E-state index contributed by atoms with van der Waals surface area (Å²) in [5.74, 6) is -0.298. The number of aliphatic hydroxyl groups is 1. The van der Waals surface area contributed by atoms with Gasteiger partial charge in [0.15, 0.2) is 0 Å². The normalized spacial score (nSPS) is 12.0. The Bertz CT molecular complexity index is 602. The lowest BCUT2D eigenvalue weighted by Crippen LogP contribution is -2.10. The molecule has 0 aromatic heterocycles. The molecule has 0 bridgehead atoms. The summed E-state index contributed by atoms with van der Waals surface area (Å²) in [6.45, 7) is 5.01. The largest absolute Gasteiger partial charge is 0.395 e. The Morgan fingerprint density at radius 2 is 2.08 bits per heavy atom. The molecule has 1 amide bonds. The van der Waals surface area contributed by atoms with E-state index in [1.807, 2.05) is 42.5 Å². The molecule has 0 atom stereocenters. The maximum atomic E-state index is 10.6. The highest BCUT2D eigenvalue weighted by atomic mass is 16.3. The predicted molar refractivity (Wildman–Crippen MR) is 101 cm³/mol. The maximum absolute atomic E-state index is 10.6. The van der Waals surface area contributed by atoms with E-state index in [0.29, 0.717) is 25.9 Å². The molecule has 1 rings (SSSR count). The minimum Gasteiger partial charge on any atom is -0.395 e. The molecule has 24 heavy (non-hydrogen) atoms. The number of aliphatic imine (C=N–C) groups is 1. The topological polar surface area (TPSA) is 87.7 Å². The van der Waals surface area contributed by atoms with Gasteiger partial charge in [-0.25, -0.2) is 0 Å². The first-order chi connectivity index (χ1) is 11.7. The van der Waals surface area contributed by atoms with Crippen molar-refractivity contribution >= 4 is 23.9 Å². The molecule has 0 fully saturated rings. The monoisotopic (exact) mass is 327 g/mol. The highest BCUT2D eigenvalue weighted by molar-refractivity contribution is 5.75. The van der Waals surface area contributed by atoms with Crippen LogP contribution in [0.2, 0.25) is 0 Å². The number of anilines is 1. The van der Waals surface area contributed by atoms with Crippen LogP contribution in [0.4, 0.5) is 5.69 Å². The summed E-state index contributed by atoms with van der Waals surface area (Å²) in [5.41, 5.74) is 8.05. The molecule has 0 radical (unpaired) electrons. The van der Waals surface area contributed by atoms with Crippen molar-refractivity contribution in [3.8, 4) is 0 Å². The number of benzene rings is 1. The van der Waals surface area contributed by atoms with Gasteiger partial charge in [-0.2, -0.15) is 0 Å². The van der Waals surface area contributed by atoms with Crippen molar-refractivity contribution in [2.45, 2.75) is 12.8 Å². The van der Waals surface area contributed by atoms with Crippen molar-refractivity contribution in [3.63, 3.8) is 0 Å². The van der Waals surface area contributed by atoms with E-state index in [-0.39, 0.29) is 12.5 Å². The molecular weight excluding hydrogens is 302 g/mol. The summed E-state index contributed by atoms with van der Waals surface area (Å²) >= 11 is 0. The first-order valence-electron chi connectivity index (χ1n) is 7.89. The fourth-order valence-corrected chi connectivity index (χ4v) is 1.85. The van der Waals surface area contributed by atoms with E-state index in [2.05, 4.69) is 16.9 Å². The van der Waals surface area contributed by atoms with Crippen molar-refractivity contribution in [1.29, 1.82) is 0 Å². The van der Waals surface area contributed by atoms with E-state index in [0.717, 1.165) is 16.8 Å². The highest BCUT2D eigenvalue weighted by Crippen LogP contribution is 2.11. The van der Waals surface area contributed by atoms with Gasteiger partial charge in [-0.15, -0.1) is 0 Å². The average Bonchev–Trinajstić information content (AvgIpc) is 2.59. The second-order valence-corrected chi connectivity index (χ2v) is 5.10. The molecule has 0 saturated carbocycles. The van der Waals surface area contributed by atoms with Gasteiger partial charge in [0.25, 0.3) is 0 Å². The predicted octanol–water partition coefficient (Wildman–Crippen LogP) is 2.55. The Morgan fingerprint density at radius 3 is 2.71 bits per heavy atom. The van der Waals surface area contributed by atoms with Crippen molar-refractivity contribution in [1.82, 2.24) is 0 Å². The lowest BCUT2D eigenvalue weighted by atomic mass is 10.1. The molecule has 1 aromatic carbocycles. The minimum atomic E-state index is -0.298. The van der Waals surface area contributed by atoms with Crippen molar-refractivity contribution in [3.05, 3.63) is 60.2 Å². The molecule has 0 aliphatic heterocycles. The third kappa shape index (κ3) is 8.70. The second-order valence-electron chi connectivity index (χ2n) is 5.10. The van der Waals surface area contributed by atoms with Crippen molar-refractivity contribution < 1.29 is 9.90 Å². The van der Waals surface area contributed by atoms with E-state index >= 15 is 0 Å². The van der Waals surface area contributed by atoms with Gasteiger partial charge in [-0.1, -0.05) is 36.9 Å². The van der Waals surface area contributed by atoms with Crippen LogP contribution in [-0.2, 0) is 4.79 Å². The van der Waals surface area contributed by atoms with Gasteiger partial charge in [0.1, 0.15) is 0 Å². The van der Waals surface area contributed by atoms with E-state index in [4.69, 9.17) is 10.8 Å². The summed E-state index contributed by atoms with van der Waals surface area (Å²) in [6, 6.07) is 7.92. The Hall–Kier alpha value is -2.66. The lowest BCUT2D eigenvalue weighted by Gasteiger charge is -2.03. The maximum Gasteiger partial charge on any atom is 0.217 e. The summed E-state index contributed by atoms with van der Waals surface area (Å²) in [4.78, 5) is 14.8. The van der Waals surface area contributed by atoms with Crippen LogP contribution < -0.4 is 11.1 Å². The van der Waals surface area contributed by atoms with Crippen LogP contribution in [0.25, 0.3) is 6.08 Å². The first kappa shape index (κ1) is 19.4. The van der Waals surface area contributed by atoms with Gasteiger partial charge in [0, 0.05) is 31.4 Å². The van der Waals surface area contributed by atoms with Gasteiger partial charge >= 0.3 is 0 Å². The van der Waals surface area contributed by atoms with Gasteiger partial charge in [-0.05, 0) is 35.8 Å². The number of nitrogens with zero attached hydrogens (tertiary/aromatic N) is 1. The van der Waals surface area contributed by atoms with Gasteiger partial charge in [0.2, 0.25) is 5.91 Å². The quantitative estimate of drug-likeness (QED) is 0.331. The summed E-state index contributed by atoms with van der Waals surface area (Å²) < 4.78 is 0. The first-order valence-corrected chi connectivity index (χ1v) is 7.89. The van der Waals surface area contributed by atoms with Crippen molar-refractivity contribution in [2.24, 2.45) is 10.7 Å². The van der Waals surface area contributed by atoms with E-state index < -0.39 is 0 Å². The van der Waals surface area contributed by atoms with Gasteiger partial charge in [0.05, 0.1) is 6.61 Å². The number of aliphatic hydroxyl groups excluding tert-OH is 1. The Morgan fingerprint density at radius 1 is 1.33 bits per heavy atom. The molecule has 0 saturated heterocycles. The highest BCUT2D eigenvalue weighted by Gasteiger charge is 1.92. The number of carbonyl (C=O) groups is 1. The Kier molecular flexibility index (Phi) is 9.57. The Labute approximate surface area is 143 Å². The van der Waals surface area contributed by atoms with Crippen LogP contribution in [0.3, 0.4) is 0 Å². The van der Waals surface area contributed by atoms with Crippen LogP contribution in [-0.4, -0.2) is 36.9 Å². The molecule has 4 N–H and O–H groups in total. The molecule has 0 unspecified atom stereocenters. The summed E-state index contributed by atoms with van der Waals surface area (Å²) in [6.07, 6.45) is 10.3. The molecule has 1 aromatic rings. The van der Waals surface area contributed by atoms with Gasteiger partial charge in [-0.3, -0.25) is 9.79 Å². The van der Waals surface area contributed by atoms with E-state index in [1.54, 1.807) is 12.3 Å². The number of hydrogen-bond donors (Lipinski definition) is 3.